The number of hydrogen-bond acceptors (Lipinski definition) is 2. The second-order valence-corrected chi connectivity index (χ2v) is 11.0. The molecule has 0 N–H and O–H groups in total. The van der Waals surface area contributed by atoms with Gasteiger partial charge >= 0.3 is 0 Å². The lowest BCUT2D eigenvalue weighted by Gasteiger charge is -2.10. The van der Waals surface area contributed by atoms with Crippen molar-refractivity contribution in [1.29, 1.82) is 0 Å². The Hall–Kier alpha value is -0.600. The molecule has 2 aromatic heterocycles. The molecule has 0 spiro atoms. The molecule has 0 fully saturated rings. The molecule has 0 saturated carbocycles. The lowest BCUT2D eigenvalue weighted by atomic mass is 9.95. The Morgan fingerprint density at radius 1 is 0.600 bits per heavy atom. The summed E-state index contributed by atoms with van der Waals surface area (Å²) in [5, 5.41) is 9.16. The van der Waals surface area contributed by atoms with Gasteiger partial charge in [0.25, 0.3) is 0 Å². The lowest BCUT2D eigenvalue weighted by Crippen LogP contribution is -1.99. The summed E-state index contributed by atoms with van der Waals surface area (Å²) in [5.74, 6) is 1.71. The van der Waals surface area contributed by atoms with Gasteiger partial charge in [0.05, 0.1) is 0 Å². The zero-order valence-electron chi connectivity index (χ0n) is 20.8. The van der Waals surface area contributed by atoms with Crippen molar-refractivity contribution in [3.8, 4) is 0 Å². The van der Waals surface area contributed by atoms with Crippen LogP contribution < -0.4 is 0 Å². The molecule has 0 radical (unpaired) electrons. The highest BCUT2D eigenvalue weighted by atomic mass is 32.1. The van der Waals surface area contributed by atoms with E-state index in [-0.39, 0.29) is 0 Å². The average Bonchev–Trinajstić information content (AvgIpc) is 3.31. The summed E-state index contributed by atoms with van der Waals surface area (Å²) < 4.78 is 0. The minimum absolute atomic E-state index is 0.857. The second kappa shape index (κ2) is 17.0. The first-order valence-electron chi connectivity index (χ1n) is 12.5. The molecule has 0 aliphatic carbocycles. The van der Waals surface area contributed by atoms with Crippen molar-refractivity contribution in [2.45, 2.75) is 119 Å². The zero-order chi connectivity index (χ0) is 22.2. The maximum atomic E-state index is 2.39. The quantitative estimate of drug-likeness (QED) is 0.252. The third-order valence-corrected chi connectivity index (χ3v) is 7.98. The van der Waals surface area contributed by atoms with E-state index in [1.165, 1.54) is 88.2 Å². The number of hydrogen-bond donors (Lipinski definition) is 0. The molecule has 30 heavy (non-hydrogen) atoms. The normalized spacial score (nSPS) is 13.0. The Labute approximate surface area is 196 Å². The molecule has 0 aromatic carbocycles. The Bertz CT molecular complexity index is 580. The van der Waals surface area contributed by atoms with Gasteiger partial charge in [-0.2, -0.15) is 22.7 Å². The van der Waals surface area contributed by atoms with Crippen molar-refractivity contribution in [2.75, 3.05) is 0 Å². The summed E-state index contributed by atoms with van der Waals surface area (Å²) in [6, 6.07) is 0. The average molecular weight is 449 g/mol. The van der Waals surface area contributed by atoms with E-state index in [4.69, 9.17) is 0 Å². The highest BCUT2D eigenvalue weighted by Crippen LogP contribution is 2.22. The molecule has 0 amide bonds. The van der Waals surface area contributed by atoms with Gasteiger partial charge in [-0.15, -0.1) is 0 Å². The summed E-state index contributed by atoms with van der Waals surface area (Å²) >= 11 is 3.68. The van der Waals surface area contributed by atoms with E-state index in [1.807, 2.05) is 22.7 Å². The van der Waals surface area contributed by atoms with Crippen LogP contribution in [0, 0.1) is 25.7 Å². The SMILES string of the molecule is CCCCCC[C@@H](C)Cc1cscc1C.CCCCCC[C@H](C)Cc1cscc1C. The summed E-state index contributed by atoms with van der Waals surface area (Å²) in [6.07, 6.45) is 16.5. The van der Waals surface area contributed by atoms with Crippen LogP contribution in [0.5, 0.6) is 0 Å². The van der Waals surface area contributed by atoms with Crippen molar-refractivity contribution in [1.82, 2.24) is 0 Å². The topological polar surface area (TPSA) is 0 Å². The van der Waals surface area contributed by atoms with E-state index in [0.717, 1.165) is 11.8 Å². The van der Waals surface area contributed by atoms with Crippen LogP contribution in [-0.4, -0.2) is 0 Å². The van der Waals surface area contributed by atoms with Gasteiger partial charge in [0.1, 0.15) is 0 Å². The number of thiophene rings is 2. The standard InChI is InChI=1S/2C14H24S/c2*1-4-5-6-7-8-12(2)9-14-11-15-10-13(14)3/h2*10-12H,4-9H2,1-3H3/t2*12-/m10/s1. The fourth-order valence-electron chi connectivity index (χ4n) is 3.99. The maximum Gasteiger partial charge on any atom is -0.00584 e. The van der Waals surface area contributed by atoms with Crippen LogP contribution in [-0.2, 0) is 12.8 Å². The fraction of sp³-hybridized carbons (Fsp3) is 0.714. The maximum absolute atomic E-state index is 2.39. The molecule has 0 bridgehead atoms. The molecule has 0 saturated heterocycles. The van der Waals surface area contributed by atoms with Gasteiger partial charge in [-0.3, -0.25) is 0 Å². The molecule has 2 heterocycles. The van der Waals surface area contributed by atoms with Gasteiger partial charge in [0, 0.05) is 0 Å². The first-order valence-corrected chi connectivity index (χ1v) is 14.4. The van der Waals surface area contributed by atoms with E-state index < -0.39 is 0 Å². The fourth-order valence-corrected chi connectivity index (χ4v) is 5.73. The number of aryl methyl sites for hydroxylation is 2. The predicted molar refractivity (Wildman–Crippen MR) is 141 cm³/mol. The van der Waals surface area contributed by atoms with Crippen molar-refractivity contribution in [2.24, 2.45) is 11.8 Å². The van der Waals surface area contributed by atoms with Crippen LogP contribution in [0.15, 0.2) is 21.5 Å². The van der Waals surface area contributed by atoms with Gasteiger partial charge < -0.3 is 0 Å². The van der Waals surface area contributed by atoms with E-state index in [1.54, 1.807) is 11.1 Å². The van der Waals surface area contributed by atoms with Gasteiger partial charge in [-0.25, -0.2) is 0 Å². The van der Waals surface area contributed by atoms with Gasteiger partial charge in [0.15, 0.2) is 0 Å². The molecule has 2 rings (SSSR count). The molecular weight excluding hydrogens is 400 g/mol. The summed E-state index contributed by atoms with van der Waals surface area (Å²) in [7, 11) is 0. The summed E-state index contributed by atoms with van der Waals surface area (Å²) in [5.41, 5.74) is 6.12. The second-order valence-electron chi connectivity index (χ2n) is 9.48. The smallest absolute Gasteiger partial charge is 0.00584 e. The number of unbranched alkanes of at least 4 members (excludes halogenated alkanes) is 6. The van der Waals surface area contributed by atoms with E-state index in [9.17, 15) is 0 Å². The van der Waals surface area contributed by atoms with E-state index in [2.05, 4.69) is 63.1 Å². The predicted octanol–water partition coefficient (Wildman–Crippen LogP) is 10.4. The highest BCUT2D eigenvalue weighted by molar-refractivity contribution is 7.08. The van der Waals surface area contributed by atoms with Gasteiger partial charge in [-0.1, -0.05) is 91.9 Å². The van der Waals surface area contributed by atoms with Crippen molar-refractivity contribution < 1.29 is 0 Å². The van der Waals surface area contributed by atoms with Crippen LogP contribution in [0.3, 0.4) is 0 Å². The van der Waals surface area contributed by atoms with Crippen LogP contribution in [0.2, 0.25) is 0 Å². The highest BCUT2D eigenvalue weighted by Gasteiger charge is 2.07. The van der Waals surface area contributed by atoms with E-state index >= 15 is 0 Å². The lowest BCUT2D eigenvalue weighted by molar-refractivity contribution is 0.487. The van der Waals surface area contributed by atoms with Crippen LogP contribution in [0.4, 0.5) is 0 Å². The molecule has 2 atom stereocenters. The van der Waals surface area contributed by atoms with Crippen molar-refractivity contribution >= 4 is 22.7 Å². The molecule has 0 aliphatic heterocycles. The molecule has 172 valence electrons. The van der Waals surface area contributed by atoms with Crippen LogP contribution in [0.25, 0.3) is 0 Å². The summed E-state index contributed by atoms with van der Waals surface area (Å²) in [6.45, 7) is 13.8. The molecule has 2 aromatic rings. The Morgan fingerprint density at radius 3 is 1.30 bits per heavy atom. The molecular formula is C28H48S2. The van der Waals surface area contributed by atoms with Crippen LogP contribution in [0.1, 0.15) is 114 Å². The first kappa shape index (κ1) is 27.4. The monoisotopic (exact) mass is 448 g/mol. The minimum atomic E-state index is 0.857. The Balaban J connectivity index is 0.000000300. The third kappa shape index (κ3) is 12.3. The Kier molecular flexibility index (Phi) is 15.6. The molecule has 2 heteroatoms. The van der Waals surface area contributed by atoms with Crippen molar-refractivity contribution in [3.05, 3.63) is 43.8 Å². The van der Waals surface area contributed by atoms with E-state index in [0.29, 0.717) is 0 Å². The van der Waals surface area contributed by atoms with Crippen molar-refractivity contribution in [3.63, 3.8) is 0 Å². The van der Waals surface area contributed by atoms with Crippen LogP contribution >= 0.6 is 22.7 Å². The van der Waals surface area contributed by atoms with Gasteiger partial charge in [0.2, 0.25) is 0 Å². The minimum Gasteiger partial charge on any atom is -0.152 e. The largest absolute Gasteiger partial charge is 0.152 e. The zero-order valence-corrected chi connectivity index (χ0v) is 22.4. The molecule has 0 nitrogen and oxygen atoms in total. The first-order chi connectivity index (χ1) is 14.5. The molecule has 0 aliphatic rings. The number of rotatable bonds is 14. The summed E-state index contributed by atoms with van der Waals surface area (Å²) in [4.78, 5) is 0. The Morgan fingerprint density at radius 2 is 1.00 bits per heavy atom. The van der Waals surface area contributed by atoms with Gasteiger partial charge in [-0.05, 0) is 82.3 Å². The molecule has 0 unspecified atom stereocenters. The third-order valence-electron chi connectivity index (χ3n) is 6.16.